The smallest absolute Gasteiger partial charge is 0.343 e. The Bertz CT molecular complexity index is 984. The molecule has 0 aromatic heterocycles. The van der Waals surface area contributed by atoms with Crippen molar-refractivity contribution < 1.29 is 38.4 Å². The van der Waals surface area contributed by atoms with Crippen LogP contribution in [0, 0.1) is 5.92 Å². The molecule has 33 heavy (non-hydrogen) atoms. The van der Waals surface area contributed by atoms with Crippen molar-refractivity contribution in [3.05, 3.63) is 46.3 Å². The highest BCUT2D eigenvalue weighted by atomic mass is 16.6. The molecule has 2 unspecified atom stereocenters. The molecule has 1 fully saturated rings. The van der Waals surface area contributed by atoms with Gasteiger partial charge < -0.3 is 24.1 Å². The molecular weight excluding hydrogens is 428 g/mol. The van der Waals surface area contributed by atoms with Crippen molar-refractivity contribution in [1.82, 2.24) is 0 Å². The summed E-state index contributed by atoms with van der Waals surface area (Å²) in [5.74, 6) is -3.42. The van der Waals surface area contributed by atoms with Gasteiger partial charge in [-0.1, -0.05) is 19.1 Å². The summed E-state index contributed by atoms with van der Waals surface area (Å²) >= 11 is 0. The number of rotatable bonds is 5. The SMILES string of the molecule is C/C=C(\C)C(=O)OCC1=C2/C(=C\C3(C)CCC(O)(O3)[C@H](C)C[C@@H]2OC(=O)/C(C)=C/C)OC1=O. The second-order valence-corrected chi connectivity index (χ2v) is 9.10. The van der Waals surface area contributed by atoms with E-state index in [9.17, 15) is 19.5 Å². The summed E-state index contributed by atoms with van der Waals surface area (Å²) in [6.07, 6.45) is 5.07. The van der Waals surface area contributed by atoms with Crippen molar-refractivity contribution in [2.75, 3.05) is 6.61 Å². The van der Waals surface area contributed by atoms with Crippen LogP contribution in [-0.2, 0) is 33.3 Å². The summed E-state index contributed by atoms with van der Waals surface area (Å²) in [4.78, 5) is 37.7. The van der Waals surface area contributed by atoms with Crippen LogP contribution in [0.15, 0.2) is 46.3 Å². The van der Waals surface area contributed by atoms with E-state index in [4.69, 9.17) is 18.9 Å². The van der Waals surface area contributed by atoms with Gasteiger partial charge in [-0.05, 0) is 53.5 Å². The molecule has 0 aliphatic carbocycles. The maximum absolute atomic E-state index is 12.8. The third-order valence-electron chi connectivity index (χ3n) is 6.63. The normalized spacial score (nSPS) is 33.9. The van der Waals surface area contributed by atoms with Crippen LogP contribution < -0.4 is 0 Å². The minimum absolute atomic E-state index is 0.106. The monoisotopic (exact) mass is 460 g/mol. The molecular formula is C25H32O8. The molecule has 0 amide bonds. The molecule has 3 aliphatic heterocycles. The van der Waals surface area contributed by atoms with Crippen molar-refractivity contribution in [2.45, 2.75) is 78.3 Å². The standard InChI is InChI=1S/C25H32O8/c1-7-14(3)21(26)30-13-17-20-18(31-22(27)15(4)8-2)11-16(5)25(29)10-9-24(6,33-25)12-19(20)32-23(17)28/h7-8,12,16,18,29H,9-11,13H2,1-6H3/b14-7+,15-8+,19-12+/t16-,18+,24?,25?/m1/s1. The Kier molecular flexibility index (Phi) is 7.00. The minimum Gasteiger partial charge on any atom is -0.457 e. The lowest BCUT2D eigenvalue weighted by Gasteiger charge is -2.33. The zero-order valence-corrected chi connectivity index (χ0v) is 20.0. The quantitative estimate of drug-likeness (QED) is 0.378. The third-order valence-corrected chi connectivity index (χ3v) is 6.63. The van der Waals surface area contributed by atoms with Gasteiger partial charge in [0.05, 0.1) is 11.2 Å². The molecule has 1 N–H and O–H groups in total. The average molecular weight is 461 g/mol. The summed E-state index contributed by atoms with van der Waals surface area (Å²) in [6.45, 7) is 9.96. The Balaban J connectivity index is 2.09. The molecule has 3 heterocycles. The largest absolute Gasteiger partial charge is 0.457 e. The molecule has 3 aliphatic rings. The Hall–Kier alpha value is -2.71. The van der Waals surface area contributed by atoms with E-state index in [2.05, 4.69) is 0 Å². The van der Waals surface area contributed by atoms with Crippen molar-refractivity contribution in [3.63, 3.8) is 0 Å². The zero-order valence-electron chi connectivity index (χ0n) is 20.0. The number of carbonyl (C=O) groups excluding carboxylic acids is 3. The molecule has 4 atom stereocenters. The molecule has 8 heteroatoms. The predicted octanol–water partition coefficient (Wildman–Crippen LogP) is 3.41. The summed E-state index contributed by atoms with van der Waals surface area (Å²) in [5, 5.41) is 11.1. The van der Waals surface area contributed by atoms with Crippen molar-refractivity contribution >= 4 is 17.9 Å². The van der Waals surface area contributed by atoms with Gasteiger partial charge in [-0.2, -0.15) is 0 Å². The lowest BCUT2D eigenvalue weighted by Crippen LogP contribution is -2.40. The molecule has 3 rings (SSSR count). The molecule has 8 nitrogen and oxygen atoms in total. The highest BCUT2D eigenvalue weighted by molar-refractivity contribution is 5.96. The fourth-order valence-corrected chi connectivity index (χ4v) is 4.17. The van der Waals surface area contributed by atoms with E-state index in [0.717, 1.165) is 0 Å². The third kappa shape index (κ3) is 4.96. The first-order valence-electron chi connectivity index (χ1n) is 11.2. The Morgan fingerprint density at radius 2 is 1.82 bits per heavy atom. The number of carbonyl (C=O) groups is 3. The molecule has 0 radical (unpaired) electrons. The number of ether oxygens (including phenoxy) is 4. The fourth-order valence-electron chi connectivity index (χ4n) is 4.17. The van der Waals surface area contributed by atoms with Crippen LogP contribution in [0.1, 0.15) is 60.8 Å². The maximum atomic E-state index is 12.8. The summed E-state index contributed by atoms with van der Waals surface area (Å²) in [7, 11) is 0. The number of fused-ring (bicyclic) bond motifs is 3. The van der Waals surface area contributed by atoms with Gasteiger partial charge in [0.2, 0.25) is 0 Å². The van der Waals surface area contributed by atoms with Crippen LogP contribution in [-0.4, -0.2) is 47.1 Å². The van der Waals surface area contributed by atoms with E-state index in [0.29, 0.717) is 29.6 Å². The first kappa shape index (κ1) is 24.9. The molecule has 1 saturated heterocycles. The number of allylic oxidation sites excluding steroid dienone is 2. The highest BCUT2D eigenvalue weighted by Gasteiger charge is 2.52. The van der Waals surface area contributed by atoms with Crippen LogP contribution in [0.4, 0.5) is 0 Å². The van der Waals surface area contributed by atoms with E-state index in [1.54, 1.807) is 52.8 Å². The van der Waals surface area contributed by atoms with Crippen molar-refractivity contribution in [1.29, 1.82) is 0 Å². The first-order valence-corrected chi connectivity index (χ1v) is 11.2. The van der Waals surface area contributed by atoms with Crippen LogP contribution in [0.3, 0.4) is 0 Å². The topological polar surface area (TPSA) is 108 Å². The number of hydrogen-bond acceptors (Lipinski definition) is 8. The second-order valence-electron chi connectivity index (χ2n) is 9.10. The van der Waals surface area contributed by atoms with E-state index in [-0.39, 0.29) is 24.4 Å². The second kappa shape index (κ2) is 9.27. The van der Waals surface area contributed by atoms with Gasteiger partial charge in [0, 0.05) is 29.1 Å². The minimum atomic E-state index is -1.41. The van der Waals surface area contributed by atoms with Crippen molar-refractivity contribution in [2.24, 2.45) is 5.92 Å². The highest BCUT2D eigenvalue weighted by Crippen LogP contribution is 2.47. The Labute approximate surface area is 193 Å². The molecule has 0 spiro atoms. The number of aliphatic hydroxyl groups is 1. The van der Waals surface area contributed by atoms with E-state index < -0.39 is 41.3 Å². The molecule has 2 bridgehead atoms. The molecule has 0 saturated carbocycles. The summed E-state index contributed by atoms with van der Waals surface area (Å²) < 4.78 is 22.7. The first-order chi connectivity index (χ1) is 15.4. The van der Waals surface area contributed by atoms with E-state index >= 15 is 0 Å². The van der Waals surface area contributed by atoms with Crippen LogP contribution in [0.5, 0.6) is 0 Å². The number of esters is 3. The summed E-state index contributed by atoms with van der Waals surface area (Å²) in [5.41, 5.74) is 0.373. The van der Waals surface area contributed by atoms with Crippen LogP contribution in [0.25, 0.3) is 0 Å². The van der Waals surface area contributed by atoms with Gasteiger partial charge in [0.25, 0.3) is 0 Å². The van der Waals surface area contributed by atoms with Crippen molar-refractivity contribution in [3.8, 4) is 0 Å². The Morgan fingerprint density at radius 3 is 2.45 bits per heavy atom. The predicted molar refractivity (Wildman–Crippen MR) is 118 cm³/mol. The average Bonchev–Trinajstić information content (AvgIpc) is 3.25. The lowest BCUT2D eigenvalue weighted by molar-refractivity contribution is -0.238. The van der Waals surface area contributed by atoms with Gasteiger partial charge in [-0.3, -0.25) is 0 Å². The van der Waals surface area contributed by atoms with E-state index in [1.807, 2.05) is 6.92 Å². The Morgan fingerprint density at radius 1 is 1.18 bits per heavy atom. The van der Waals surface area contributed by atoms with Gasteiger partial charge in [-0.15, -0.1) is 0 Å². The van der Waals surface area contributed by atoms with Gasteiger partial charge in [0.15, 0.2) is 5.79 Å². The van der Waals surface area contributed by atoms with E-state index in [1.165, 1.54) is 0 Å². The van der Waals surface area contributed by atoms with Crippen LogP contribution in [0.2, 0.25) is 0 Å². The van der Waals surface area contributed by atoms with Gasteiger partial charge in [-0.25, -0.2) is 14.4 Å². The summed E-state index contributed by atoms with van der Waals surface area (Å²) in [6, 6.07) is 0. The zero-order chi connectivity index (χ0) is 24.6. The molecule has 0 aromatic carbocycles. The number of hydrogen-bond donors (Lipinski definition) is 1. The molecule has 180 valence electrons. The van der Waals surface area contributed by atoms with Gasteiger partial charge >= 0.3 is 17.9 Å². The molecule has 0 aromatic rings. The van der Waals surface area contributed by atoms with Gasteiger partial charge in [0.1, 0.15) is 18.5 Å². The lowest BCUT2D eigenvalue weighted by atomic mass is 9.86. The fraction of sp³-hybridized carbons (Fsp3) is 0.560. The van der Waals surface area contributed by atoms with Crippen LogP contribution >= 0.6 is 0 Å². The maximum Gasteiger partial charge on any atom is 0.343 e.